The Hall–Kier alpha value is -1.42. The highest BCUT2D eigenvalue weighted by Crippen LogP contribution is 2.16. The number of halogens is 1. The van der Waals surface area contributed by atoms with Crippen molar-refractivity contribution < 1.29 is 12.8 Å². The minimum absolute atomic E-state index is 0.0401. The van der Waals surface area contributed by atoms with E-state index in [2.05, 4.69) is 16.6 Å². The highest BCUT2D eigenvalue weighted by Gasteiger charge is 2.16. The first kappa shape index (κ1) is 13.6. The van der Waals surface area contributed by atoms with Gasteiger partial charge in [0.2, 0.25) is 10.0 Å². The Morgan fingerprint density at radius 3 is 2.76 bits per heavy atom. The van der Waals surface area contributed by atoms with Crippen LogP contribution < -0.4 is 10.5 Å². The Morgan fingerprint density at radius 1 is 1.47 bits per heavy atom. The number of rotatable bonds is 3. The fourth-order valence-corrected chi connectivity index (χ4v) is 2.43. The molecule has 17 heavy (non-hydrogen) atoms. The molecular weight excluding hydrogens is 243 g/mol. The predicted octanol–water partition coefficient (Wildman–Crippen LogP) is 0.434. The molecule has 92 valence electrons. The summed E-state index contributed by atoms with van der Waals surface area (Å²) in [6, 6.07) is 3.35. The average Bonchev–Trinajstić information content (AvgIpc) is 2.26. The van der Waals surface area contributed by atoms with Crippen molar-refractivity contribution in [3.63, 3.8) is 0 Å². The summed E-state index contributed by atoms with van der Waals surface area (Å²) in [5.41, 5.74) is 5.31. The third-order valence-electron chi connectivity index (χ3n) is 1.89. The van der Waals surface area contributed by atoms with Gasteiger partial charge in [-0.05, 0) is 18.2 Å². The molecule has 0 aliphatic carbocycles. The second-order valence-corrected chi connectivity index (χ2v) is 4.88. The maximum absolute atomic E-state index is 13.0. The molecule has 1 aromatic carbocycles. The summed E-state index contributed by atoms with van der Waals surface area (Å²) in [6.45, 7) is 1.99. The molecule has 1 aromatic rings. The van der Waals surface area contributed by atoms with E-state index < -0.39 is 15.8 Å². The third-order valence-corrected chi connectivity index (χ3v) is 3.49. The minimum Gasteiger partial charge on any atom is -0.320 e. The average molecular weight is 256 g/mol. The summed E-state index contributed by atoms with van der Waals surface area (Å²) in [6.07, 6.45) is 0. The SMILES string of the molecule is CCNS(=O)(=O)c1ccc(F)cc1C#CCN. The van der Waals surface area contributed by atoms with Crippen LogP contribution in [0, 0.1) is 17.7 Å². The second kappa shape index (κ2) is 5.77. The van der Waals surface area contributed by atoms with E-state index in [1.54, 1.807) is 6.92 Å². The van der Waals surface area contributed by atoms with Gasteiger partial charge in [0.25, 0.3) is 0 Å². The van der Waals surface area contributed by atoms with E-state index in [0.717, 1.165) is 12.1 Å². The van der Waals surface area contributed by atoms with Crippen LogP contribution in [0.3, 0.4) is 0 Å². The van der Waals surface area contributed by atoms with Crippen LogP contribution in [0.25, 0.3) is 0 Å². The summed E-state index contributed by atoms with van der Waals surface area (Å²) in [7, 11) is -3.65. The molecule has 6 heteroatoms. The molecule has 1 rings (SSSR count). The normalized spacial score (nSPS) is 10.8. The first-order valence-electron chi connectivity index (χ1n) is 4.99. The van der Waals surface area contributed by atoms with Crippen LogP contribution in [-0.2, 0) is 10.0 Å². The summed E-state index contributed by atoms with van der Waals surface area (Å²) < 4.78 is 38.9. The van der Waals surface area contributed by atoms with Crippen molar-refractivity contribution in [2.45, 2.75) is 11.8 Å². The molecule has 0 atom stereocenters. The summed E-state index contributed by atoms with van der Waals surface area (Å²) in [5, 5.41) is 0. The molecule has 0 aliphatic heterocycles. The van der Waals surface area contributed by atoms with Gasteiger partial charge in [0, 0.05) is 12.1 Å². The highest BCUT2D eigenvalue weighted by atomic mass is 32.2. The third kappa shape index (κ3) is 3.53. The fourth-order valence-electron chi connectivity index (χ4n) is 1.25. The monoisotopic (exact) mass is 256 g/mol. The Balaban J connectivity index is 3.33. The molecule has 0 heterocycles. The van der Waals surface area contributed by atoms with E-state index in [1.807, 2.05) is 0 Å². The lowest BCUT2D eigenvalue weighted by Crippen LogP contribution is -2.24. The largest absolute Gasteiger partial charge is 0.320 e. The zero-order valence-corrected chi connectivity index (χ0v) is 10.1. The van der Waals surface area contributed by atoms with E-state index >= 15 is 0 Å². The zero-order valence-electron chi connectivity index (χ0n) is 9.33. The molecule has 0 aliphatic rings. The number of benzene rings is 1. The van der Waals surface area contributed by atoms with Crippen LogP contribution in [0.1, 0.15) is 12.5 Å². The lowest BCUT2D eigenvalue weighted by Gasteiger charge is -2.06. The minimum atomic E-state index is -3.65. The Kier molecular flexibility index (Phi) is 4.63. The maximum Gasteiger partial charge on any atom is 0.241 e. The van der Waals surface area contributed by atoms with Crippen LogP contribution in [0.5, 0.6) is 0 Å². The van der Waals surface area contributed by atoms with Gasteiger partial charge in [-0.1, -0.05) is 18.8 Å². The quantitative estimate of drug-likeness (QED) is 0.771. The Morgan fingerprint density at radius 2 is 2.18 bits per heavy atom. The Labute approximate surface area is 100 Å². The van der Waals surface area contributed by atoms with Gasteiger partial charge in [0.1, 0.15) is 5.82 Å². The van der Waals surface area contributed by atoms with Gasteiger partial charge in [-0.25, -0.2) is 17.5 Å². The molecule has 0 bridgehead atoms. The van der Waals surface area contributed by atoms with Gasteiger partial charge in [-0.2, -0.15) is 0 Å². The van der Waals surface area contributed by atoms with Gasteiger partial charge >= 0.3 is 0 Å². The zero-order chi connectivity index (χ0) is 12.9. The van der Waals surface area contributed by atoms with Gasteiger partial charge < -0.3 is 5.73 Å². The van der Waals surface area contributed by atoms with Crippen LogP contribution in [0.4, 0.5) is 4.39 Å². The smallest absolute Gasteiger partial charge is 0.241 e. The van der Waals surface area contributed by atoms with Crippen molar-refractivity contribution in [1.82, 2.24) is 4.72 Å². The molecule has 0 aromatic heterocycles. The van der Waals surface area contributed by atoms with Crippen LogP contribution >= 0.6 is 0 Å². The fraction of sp³-hybridized carbons (Fsp3) is 0.273. The Bertz CT molecular complexity index is 559. The number of hydrogen-bond donors (Lipinski definition) is 2. The van der Waals surface area contributed by atoms with E-state index in [-0.39, 0.29) is 23.5 Å². The van der Waals surface area contributed by atoms with Crippen molar-refractivity contribution >= 4 is 10.0 Å². The molecule has 0 fully saturated rings. The maximum atomic E-state index is 13.0. The molecule has 0 saturated carbocycles. The molecular formula is C11H13FN2O2S. The van der Waals surface area contributed by atoms with Crippen LogP contribution in [0.2, 0.25) is 0 Å². The lowest BCUT2D eigenvalue weighted by atomic mass is 10.2. The molecule has 0 saturated heterocycles. The van der Waals surface area contributed by atoms with Crippen molar-refractivity contribution in [3.8, 4) is 11.8 Å². The molecule has 0 amide bonds. The molecule has 3 N–H and O–H groups in total. The van der Waals surface area contributed by atoms with Gasteiger partial charge in [0.05, 0.1) is 11.4 Å². The standard InChI is InChI=1S/C11H13FN2O2S/c1-2-14-17(15,16)11-6-5-10(12)8-9(11)4-3-7-13/h5-6,8,14H,2,7,13H2,1H3. The summed E-state index contributed by atoms with van der Waals surface area (Å²) >= 11 is 0. The lowest BCUT2D eigenvalue weighted by molar-refractivity contribution is 0.582. The number of nitrogens with one attached hydrogen (secondary N) is 1. The van der Waals surface area contributed by atoms with Crippen LogP contribution in [0.15, 0.2) is 23.1 Å². The van der Waals surface area contributed by atoms with Crippen molar-refractivity contribution in [3.05, 3.63) is 29.6 Å². The number of sulfonamides is 1. The van der Waals surface area contributed by atoms with Crippen molar-refractivity contribution in [2.24, 2.45) is 5.73 Å². The topological polar surface area (TPSA) is 72.2 Å². The molecule has 0 unspecified atom stereocenters. The highest BCUT2D eigenvalue weighted by molar-refractivity contribution is 7.89. The van der Waals surface area contributed by atoms with Crippen molar-refractivity contribution in [1.29, 1.82) is 0 Å². The summed E-state index contributed by atoms with van der Waals surface area (Å²) in [4.78, 5) is -0.0401. The van der Waals surface area contributed by atoms with E-state index in [4.69, 9.17) is 5.73 Å². The van der Waals surface area contributed by atoms with E-state index in [0.29, 0.717) is 0 Å². The van der Waals surface area contributed by atoms with Gasteiger partial charge in [-0.3, -0.25) is 0 Å². The van der Waals surface area contributed by atoms with Gasteiger partial charge in [0.15, 0.2) is 0 Å². The number of nitrogens with two attached hydrogens (primary N) is 1. The first-order chi connectivity index (χ1) is 8.01. The van der Waals surface area contributed by atoms with Crippen molar-refractivity contribution in [2.75, 3.05) is 13.1 Å². The predicted molar refractivity (Wildman–Crippen MR) is 63.2 cm³/mol. The molecule has 0 spiro atoms. The summed E-state index contributed by atoms with van der Waals surface area (Å²) in [5.74, 6) is 4.51. The number of hydrogen-bond acceptors (Lipinski definition) is 3. The van der Waals surface area contributed by atoms with Gasteiger partial charge in [-0.15, -0.1) is 0 Å². The first-order valence-corrected chi connectivity index (χ1v) is 6.47. The second-order valence-electron chi connectivity index (χ2n) is 3.15. The molecule has 0 radical (unpaired) electrons. The van der Waals surface area contributed by atoms with Crippen LogP contribution in [-0.4, -0.2) is 21.5 Å². The van der Waals surface area contributed by atoms with E-state index in [9.17, 15) is 12.8 Å². The molecule has 4 nitrogen and oxygen atoms in total. The van der Waals surface area contributed by atoms with E-state index in [1.165, 1.54) is 6.07 Å².